The third-order valence-electron chi connectivity index (χ3n) is 5.76. The van der Waals surface area contributed by atoms with Gasteiger partial charge in [-0.15, -0.1) is 0 Å². The van der Waals surface area contributed by atoms with E-state index in [-0.39, 0.29) is 29.8 Å². The number of ether oxygens (including phenoxy) is 2. The van der Waals surface area contributed by atoms with E-state index >= 15 is 0 Å². The molecule has 4 rings (SSSR count). The Labute approximate surface area is 135 Å². The molecule has 2 aliphatic carbocycles. The van der Waals surface area contributed by atoms with Crippen molar-refractivity contribution < 1.29 is 18.7 Å². The Hall–Kier alpha value is -1.46. The molecular formula is C18H22FNO3. The monoisotopic (exact) mass is 319 g/mol. The molecule has 0 radical (unpaired) electrons. The van der Waals surface area contributed by atoms with E-state index in [1.165, 1.54) is 6.07 Å². The molecule has 3 fully saturated rings. The van der Waals surface area contributed by atoms with E-state index in [1.807, 2.05) is 0 Å². The second-order valence-corrected chi connectivity index (χ2v) is 6.97. The van der Waals surface area contributed by atoms with Gasteiger partial charge in [0.1, 0.15) is 5.82 Å². The Morgan fingerprint density at radius 2 is 2.22 bits per heavy atom. The lowest BCUT2D eigenvalue weighted by atomic mass is 9.67. The second-order valence-electron chi connectivity index (χ2n) is 6.97. The number of carbonyl (C=O) groups is 1. The van der Waals surface area contributed by atoms with Gasteiger partial charge >= 0.3 is 0 Å². The molecule has 1 aromatic carbocycles. The van der Waals surface area contributed by atoms with Crippen molar-refractivity contribution in [3.05, 3.63) is 35.6 Å². The SMILES string of the molecule is COC[C@H]1[C@@H](NC(=O)C2(c3ccccc3F)CC2)[C@H]2CCO[C@H]21. The summed E-state index contributed by atoms with van der Waals surface area (Å²) in [5.74, 6) is 0.242. The van der Waals surface area contributed by atoms with Crippen molar-refractivity contribution in [3.8, 4) is 0 Å². The highest BCUT2D eigenvalue weighted by molar-refractivity contribution is 5.91. The molecule has 1 heterocycles. The van der Waals surface area contributed by atoms with Crippen LogP contribution < -0.4 is 5.32 Å². The van der Waals surface area contributed by atoms with Gasteiger partial charge in [0, 0.05) is 37.2 Å². The third kappa shape index (κ3) is 2.29. The molecule has 0 aromatic heterocycles. The molecule has 1 saturated heterocycles. The van der Waals surface area contributed by atoms with Crippen molar-refractivity contribution in [2.24, 2.45) is 11.8 Å². The van der Waals surface area contributed by atoms with Crippen molar-refractivity contribution in [1.82, 2.24) is 5.32 Å². The molecule has 2 saturated carbocycles. The summed E-state index contributed by atoms with van der Waals surface area (Å²) >= 11 is 0. The molecule has 1 aromatic rings. The zero-order chi connectivity index (χ0) is 16.0. The maximum absolute atomic E-state index is 14.1. The average Bonchev–Trinajstić information content (AvgIpc) is 3.25. The Kier molecular flexibility index (Phi) is 3.65. The number of hydrogen-bond donors (Lipinski definition) is 1. The van der Waals surface area contributed by atoms with Gasteiger partial charge in [-0.1, -0.05) is 18.2 Å². The minimum absolute atomic E-state index is 0.0425. The summed E-state index contributed by atoms with van der Waals surface area (Å²) in [5.41, 5.74) is -0.146. The van der Waals surface area contributed by atoms with E-state index in [4.69, 9.17) is 9.47 Å². The number of carbonyl (C=O) groups excluding carboxylic acids is 1. The van der Waals surface area contributed by atoms with Crippen LogP contribution in [0.3, 0.4) is 0 Å². The predicted octanol–water partition coefficient (Wildman–Crippen LogP) is 2.02. The molecule has 124 valence electrons. The first-order chi connectivity index (χ1) is 11.2. The van der Waals surface area contributed by atoms with Crippen LogP contribution in [-0.2, 0) is 19.7 Å². The summed E-state index contributed by atoms with van der Waals surface area (Å²) in [7, 11) is 1.67. The van der Waals surface area contributed by atoms with Crippen molar-refractivity contribution in [3.63, 3.8) is 0 Å². The Morgan fingerprint density at radius 3 is 2.91 bits per heavy atom. The first-order valence-corrected chi connectivity index (χ1v) is 8.34. The first kappa shape index (κ1) is 15.1. The van der Waals surface area contributed by atoms with Gasteiger partial charge in [-0.25, -0.2) is 4.39 Å². The standard InChI is InChI=1S/C18H22FNO3/c1-22-10-12-15(11-6-9-23-16(11)12)20-17(21)18(7-8-18)13-4-2-3-5-14(13)19/h2-5,11-12,15-16H,6-10H2,1H3,(H,20,21)/t11-,12+,15+,16-/m1/s1. The van der Waals surface area contributed by atoms with E-state index in [0.717, 1.165) is 13.0 Å². The predicted molar refractivity (Wildman–Crippen MR) is 82.5 cm³/mol. The minimum Gasteiger partial charge on any atom is -0.384 e. The Balaban J connectivity index is 1.51. The normalized spacial score (nSPS) is 33.7. The Bertz CT molecular complexity index is 616. The molecule has 23 heavy (non-hydrogen) atoms. The number of hydrogen-bond acceptors (Lipinski definition) is 3. The van der Waals surface area contributed by atoms with Gasteiger partial charge in [0.25, 0.3) is 0 Å². The number of rotatable bonds is 5. The maximum atomic E-state index is 14.1. The average molecular weight is 319 g/mol. The van der Waals surface area contributed by atoms with Gasteiger partial charge < -0.3 is 14.8 Å². The second kappa shape index (κ2) is 5.56. The summed E-state index contributed by atoms with van der Waals surface area (Å²) in [5, 5.41) is 3.19. The third-order valence-corrected chi connectivity index (χ3v) is 5.76. The summed E-state index contributed by atoms with van der Waals surface area (Å²) in [6.07, 6.45) is 2.60. The zero-order valence-corrected chi connectivity index (χ0v) is 13.3. The summed E-state index contributed by atoms with van der Waals surface area (Å²) < 4.78 is 25.1. The summed E-state index contributed by atoms with van der Waals surface area (Å²) in [4.78, 5) is 12.9. The number of methoxy groups -OCH3 is 1. The van der Waals surface area contributed by atoms with Crippen LogP contribution in [0, 0.1) is 17.7 Å². The van der Waals surface area contributed by atoms with Crippen molar-refractivity contribution in [2.75, 3.05) is 20.3 Å². The van der Waals surface area contributed by atoms with E-state index in [1.54, 1.807) is 25.3 Å². The number of fused-ring (bicyclic) bond motifs is 1. The zero-order valence-electron chi connectivity index (χ0n) is 13.3. The molecule has 1 amide bonds. The van der Waals surface area contributed by atoms with Gasteiger partial charge in [0.05, 0.1) is 18.1 Å². The van der Waals surface area contributed by atoms with Gasteiger partial charge in [-0.3, -0.25) is 4.79 Å². The fourth-order valence-electron chi connectivity index (χ4n) is 4.32. The highest BCUT2D eigenvalue weighted by atomic mass is 19.1. The van der Waals surface area contributed by atoms with Crippen LogP contribution in [0.5, 0.6) is 0 Å². The fraction of sp³-hybridized carbons (Fsp3) is 0.611. The molecule has 0 spiro atoms. The number of amides is 1. The Morgan fingerprint density at radius 1 is 1.43 bits per heavy atom. The largest absolute Gasteiger partial charge is 0.384 e. The molecule has 1 N–H and O–H groups in total. The van der Waals surface area contributed by atoms with Crippen LogP contribution >= 0.6 is 0 Å². The topological polar surface area (TPSA) is 47.6 Å². The van der Waals surface area contributed by atoms with Crippen molar-refractivity contribution in [1.29, 1.82) is 0 Å². The highest BCUT2D eigenvalue weighted by Crippen LogP contribution is 2.50. The quantitative estimate of drug-likeness (QED) is 0.903. The highest BCUT2D eigenvalue weighted by Gasteiger charge is 2.58. The van der Waals surface area contributed by atoms with E-state index in [9.17, 15) is 9.18 Å². The van der Waals surface area contributed by atoms with Crippen LogP contribution in [0.15, 0.2) is 24.3 Å². The summed E-state index contributed by atoms with van der Waals surface area (Å²) in [6, 6.07) is 6.70. The van der Waals surface area contributed by atoms with Gasteiger partial charge in [-0.2, -0.15) is 0 Å². The molecule has 4 atom stereocenters. The molecule has 0 unspecified atom stereocenters. The smallest absolute Gasteiger partial charge is 0.231 e. The van der Waals surface area contributed by atoms with Gasteiger partial charge in [-0.05, 0) is 25.3 Å². The lowest BCUT2D eigenvalue weighted by molar-refractivity contribution is -0.132. The fourth-order valence-corrected chi connectivity index (χ4v) is 4.32. The molecule has 0 bridgehead atoms. The van der Waals surface area contributed by atoms with Crippen molar-refractivity contribution >= 4 is 5.91 Å². The van der Waals surface area contributed by atoms with Gasteiger partial charge in [0.2, 0.25) is 5.91 Å². The van der Waals surface area contributed by atoms with E-state index in [0.29, 0.717) is 30.9 Å². The molecule has 4 nitrogen and oxygen atoms in total. The number of halogens is 1. The van der Waals surface area contributed by atoms with Crippen LogP contribution in [-0.4, -0.2) is 38.4 Å². The first-order valence-electron chi connectivity index (χ1n) is 8.34. The summed E-state index contributed by atoms with van der Waals surface area (Å²) in [6.45, 7) is 1.33. The maximum Gasteiger partial charge on any atom is 0.231 e. The molecule has 1 aliphatic heterocycles. The molecular weight excluding hydrogens is 297 g/mol. The van der Waals surface area contributed by atoms with Crippen LogP contribution in [0.2, 0.25) is 0 Å². The lowest BCUT2D eigenvalue weighted by Gasteiger charge is -2.48. The minimum atomic E-state index is -0.673. The molecule has 5 heteroatoms. The molecule has 3 aliphatic rings. The van der Waals surface area contributed by atoms with E-state index in [2.05, 4.69) is 5.32 Å². The van der Waals surface area contributed by atoms with Crippen molar-refractivity contribution in [2.45, 2.75) is 36.8 Å². The lowest BCUT2D eigenvalue weighted by Crippen LogP contribution is -2.63. The number of nitrogens with one attached hydrogen (secondary N) is 1. The van der Waals surface area contributed by atoms with Crippen LogP contribution in [0.4, 0.5) is 4.39 Å². The van der Waals surface area contributed by atoms with Gasteiger partial charge in [0.15, 0.2) is 0 Å². The number of benzene rings is 1. The van der Waals surface area contributed by atoms with Crippen LogP contribution in [0.25, 0.3) is 0 Å². The van der Waals surface area contributed by atoms with E-state index < -0.39 is 5.41 Å². The van der Waals surface area contributed by atoms with Crippen LogP contribution in [0.1, 0.15) is 24.8 Å².